The van der Waals surface area contributed by atoms with E-state index in [-0.39, 0.29) is 22.0 Å². The molecule has 158 valence electrons. The number of thioether (sulfide) groups is 2. The molecule has 2 aliphatic heterocycles. The van der Waals surface area contributed by atoms with Crippen LogP contribution in [0.4, 0.5) is 5.69 Å². The van der Waals surface area contributed by atoms with Crippen LogP contribution < -0.4 is 5.32 Å². The quantitative estimate of drug-likeness (QED) is 0.467. The fourth-order valence-electron chi connectivity index (χ4n) is 4.73. The maximum atomic E-state index is 11.9. The first kappa shape index (κ1) is 20.5. The van der Waals surface area contributed by atoms with Crippen LogP contribution >= 0.6 is 23.5 Å². The Bertz CT molecular complexity index is 1060. The van der Waals surface area contributed by atoms with Crippen molar-refractivity contribution < 1.29 is 9.53 Å². The molecule has 0 bridgehead atoms. The standard InChI is InChI=1S/C26H25NO2S2/c1-29-25(28)20-14-12-19(13-15-20)24-23(18-8-3-2-4-9-18)26(30-16-7-17-31-26)21-10-5-6-11-22(21)27-24/h2-6,8-15,23-24,27H,7,16-17H2,1H3. The van der Waals surface area contributed by atoms with Crippen LogP contribution in [0.2, 0.25) is 0 Å². The molecule has 1 fully saturated rings. The van der Waals surface area contributed by atoms with Gasteiger partial charge in [-0.25, -0.2) is 4.79 Å². The van der Waals surface area contributed by atoms with Gasteiger partial charge in [-0.05, 0) is 47.3 Å². The Kier molecular flexibility index (Phi) is 5.72. The highest BCUT2D eigenvalue weighted by Crippen LogP contribution is 2.65. The Labute approximate surface area is 192 Å². The van der Waals surface area contributed by atoms with E-state index in [1.54, 1.807) is 0 Å². The van der Waals surface area contributed by atoms with E-state index in [9.17, 15) is 4.79 Å². The highest BCUT2D eigenvalue weighted by Gasteiger charge is 2.51. The summed E-state index contributed by atoms with van der Waals surface area (Å²) in [6, 6.07) is 27.6. The number of anilines is 1. The van der Waals surface area contributed by atoms with Crippen molar-refractivity contribution in [3.63, 3.8) is 0 Å². The number of nitrogens with one attached hydrogen (secondary N) is 1. The van der Waals surface area contributed by atoms with E-state index >= 15 is 0 Å². The van der Waals surface area contributed by atoms with Gasteiger partial charge in [0.25, 0.3) is 0 Å². The van der Waals surface area contributed by atoms with Gasteiger partial charge < -0.3 is 10.1 Å². The van der Waals surface area contributed by atoms with E-state index in [0.717, 1.165) is 0 Å². The van der Waals surface area contributed by atoms with Crippen molar-refractivity contribution in [2.45, 2.75) is 22.5 Å². The monoisotopic (exact) mass is 447 g/mol. The van der Waals surface area contributed by atoms with Crippen molar-refractivity contribution in [2.75, 3.05) is 23.9 Å². The maximum Gasteiger partial charge on any atom is 0.337 e. The first-order valence-electron chi connectivity index (χ1n) is 10.6. The highest BCUT2D eigenvalue weighted by molar-refractivity contribution is 8.18. The lowest BCUT2D eigenvalue weighted by molar-refractivity contribution is 0.0600. The molecule has 0 amide bonds. The largest absolute Gasteiger partial charge is 0.465 e. The average molecular weight is 448 g/mol. The van der Waals surface area contributed by atoms with Gasteiger partial charge >= 0.3 is 5.97 Å². The summed E-state index contributed by atoms with van der Waals surface area (Å²) in [5.41, 5.74) is 5.70. The van der Waals surface area contributed by atoms with Gasteiger partial charge in [0.1, 0.15) is 0 Å². The SMILES string of the molecule is COC(=O)c1ccc(C2Nc3ccccc3C3(SCCCS3)C2c2ccccc2)cc1. The molecule has 1 N–H and O–H groups in total. The fourth-order valence-corrected chi connectivity index (χ4v) is 8.50. The molecule has 0 radical (unpaired) electrons. The summed E-state index contributed by atoms with van der Waals surface area (Å²) in [5.74, 6) is 2.28. The third-order valence-corrected chi connectivity index (χ3v) is 9.63. The number of benzene rings is 3. The molecular weight excluding hydrogens is 422 g/mol. The number of fused-ring (bicyclic) bond motifs is 2. The molecule has 2 atom stereocenters. The Hall–Kier alpha value is -2.37. The van der Waals surface area contributed by atoms with E-state index < -0.39 is 0 Å². The van der Waals surface area contributed by atoms with Gasteiger partial charge in [-0.15, -0.1) is 23.5 Å². The molecule has 2 aliphatic rings. The van der Waals surface area contributed by atoms with Crippen molar-refractivity contribution in [2.24, 2.45) is 0 Å². The number of para-hydroxylation sites is 1. The zero-order valence-corrected chi connectivity index (χ0v) is 19.0. The summed E-state index contributed by atoms with van der Waals surface area (Å²) >= 11 is 4.18. The second-order valence-corrected chi connectivity index (χ2v) is 10.8. The molecule has 0 saturated carbocycles. The minimum atomic E-state index is -0.303. The number of carbonyl (C=O) groups is 1. The van der Waals surface area contributed by atoms with Crippen molar-refractivity contribution >= 4 is 35.2 Å². The van der Waals surface area contributed by atoms with Crippen molar-refractivity contribution in [1.29, 1.82) is 0 Å². The van der Waals surface area contributed by atoms with Crippen LogP contribution in [0.5, 0.6) is 0 Å². The molecule has 3 aromatic rings. The zero-order valence-electron chi connectivity index (χ0n) is 17.4. The van der Waals surface area contributed by atoms with Crippen molar-refractivity contribution in [3.05, 3.63) is 101 Å². The first-order valence-corrected chi connectivity index (χ1v) is 12.6. The molecule has 31 heavy (non-hydrogen) atoms. The van der Waals surface area contributed by atoms with Gasteiger partial charge in [-0.3, -0.25) is 0 Å². The van der Waals surface area contributed by atoms with Crippen LogP contribution in [0.25, 0.3) is 0 Å². The van der Waals surface area contributed by atoms with Gasteiger partial charge in [0.05, 0.1) is 22.8 Å². The number of rotatable bonds is 3. The molecule has 3 aromatic carbocycles. The molecule has 2 heterocycles. The van der Waals surface area contributed by atoms with Crippen LogP contribution in [0.15, 0.2) is 78.9 Å². The lowest BCUT2D eigenvalue weighted by Crippen LogP contribution is -2.41. The van der Waals surface area contributed by atoms with Gasteiger partial charge in [-0.2, -0.15) is 0 Å². The van der Waals surface area contributed by atoms with E-state index in [0.29, 0.717) is 5.56 Å². The van der Waals surface area contributed by atoms with Crippen LogP contribution in [0, 0.1) is 0 Å². The van der Waals surface area contributed by atoms with Crippen molar-refractivity contribution in [1.82, 2.24) is 0 Å². The molecule has 1 saturated heterocycles. The Morgan fingerprint density at radius 3 is 2.29 bits per heavy atom. The summed E-state index contributed by atoms with van der Waals surface area (Å²) in [4.78, 5) is 11.9. The second-order valence-electron chi connectivity index (χ2n) is 7.89. The molecule has 5 rings (SSSR count). The number of ether oxygens (including phenoxy) is 1. The predicted molar refractivity (Wildman–Crippen MR) is 131 cm³/mol. The maximum absolute atomic E-state index is 11.9. The van der Waals surface area contributed by atoms with Crippen LogP contribution in [0.1, 0.15) is 45.4 Å². The summed E-state index contributed by atoms with van der Waals surface area (Å²) in [6.45, 7) is 0. The molecule has 3 nitrogen and oxygen atoms in total. The van der Waals surface area contributed by atoms with E-state index in [4.69, 9.17) is 4.74 Å². The lowest BCUT2D eigenvalue weighted by Gasteiger charge is -2.51. The third kappa shape index (κ3) is 3.64. The van der Waals surface area contributed by atoms with E-state index in [2.05, 4.69) is 95.6 Å². The topological polar surface area (TPSA) is 38.3 Å². The van der Waals surface area contributed by atoms with Gasteiger partial charge in [0.15, 0.2) is 0 Å². The Morgan fingerprint density at radius 1 is 0.903 bits per heavy atom. The second kappa shape index (κ2) is 8.64. The van der Waals surface area contributed by atoms with Crippen LogP contribution in [-0.2, 0) is 8.82 Å². The molecule has 0 aromatic heterocycles. The Morgan fingerprint density at radius 2 is 1.58 bits per heavy atom. The smallest absolute Gasteiger partial charge is 0.337 e. The lowest BCUT2D eigenvalue weighted by atomic mass is 9.78. The number of hydrogen-bond donors (Lipinski definition) is 1. The van der Waals surface area contributed by atoms with Gasteiger partial charge in [0.2, 0.25) is 0 Å². The normalized spacial score (nSPS) is 21.7. The number of methoxy groups -OCH3 is 1. The molecule has 5 heteroatoms. The third-order valence-electron chi connectivity index (χ3n) is 6.13. The molecular formula is C26H25NO2S2. The van der Waals surface area contributed by atoms with E-state index in [1.165, 1.54) is 47.4 Å². The number of hydrogen-bond acceptors (Lipinski definition) is 5. The zero-order chi connectivity index (χ0) is 21.3. The summed E-state index contributed by atoms with van der Waals surface area (Å²) in [5, 5.41) is 3.85. The van der Waals surface area contributed by atoms with Gasteiger partial charge in [-0.1, -0.05) is 60.7 Å². The molecule has 2 unspecified atom stereocenters. The summed E-state index contributed by atoms with van der Waals surface area (Å²) in [6.07, 6.45) is 1.24. The average Bonchev–Trinajstić information content (AvgIpc) is 2.85. The van der Waals surface area contributed by atoms with Crippen LogP contribution in [0.3, 0.4) is 0 Å². The summed E-state index contributed by atoms with van der Waals surface area (Å²) in [7, 11) is 1.42. The van der Waals surface area contributed by atoms with E-state index in [1.807, 2.05) is 12.1 Å². The molecule has 0 aliphatic carbocycles. The minimum Gasteiger partial charge on any atom is -0.465 e. The minimum absolute atomic E-state index is 0.0485. The molecule has 1 spiro atoms. The Balaban J connectivity index is 1.67. The number of carbonyl (C=O) groups excluding carboxylic acids is 1. The fraction of sp³-hybridized carbons (Fsp3) is 0.269. The highest BCUT2D eigenvalue weighted by atomic mass is 32.2. The number of esters is 1. The van der Waals surface area contributed by atoms with Crippen LogP contribution in [-0.4, -0.2) is 24.6 Å². The van der Waals surface area contributed by atoms with Crippen molar-refractivity contribution in [3.8, 4) is 0 Å². The summed E-state index contributed by atoms with van der Waals surface area (Å²) < 4.78 is 4.84. The van der Waals surface area contributed by atoms with Gasteiger partial charge in [0, 0.05) is 17.2 Å². The first-order chi connectivity index (χ1) is 15.2. The predicted octanol–water partition coefficient (Wildman–Crippen LogP) is 6.45.